The van der Waals surface area contributed by atoms with E-state index in [0.717, 1.165) is 0 Å². The average Bonchev–Trinajstić information content (AvgIpc) is 3.14. The Hall–Kier alpha value is -2.61. The molecule has 1 aliphatic heterocycles. The van der Waals surface area contributed by atoms with Crippen LogP contribution >= 0.6 is 34.5 Å². The Morgan fingerprint density at radius 2 is 2.07 bits per heavy atom. The van der Waals surface area contributed by atoms with Gasteiger partial charge in [-0.2, -0.15) is 0 Å². The molecule has 0 atom stereocenters. The number of benzene rings is 2. The number of rotatable bonds is 4. The minimum Gasteiger partial charge on any atom is -0.482 e. The number of hydrogen-bond acceptors (Lipinski definition) is 5. The van der Waals surface area contributed by atoms with Gasteiger partial charge in [0.05, 0.1) is 16.4 Å². The molecule has 1 N–H and O–H groups in total. The molecule has 142 valence electrons. The number of nitrogens with one attached hydrogen (secondary N) is 1. The predicted octanol–water partition coefficient (Wildman–Crippen LogP) is 4.48. The normalized spacial score (nSPS) is 13.1. The van der Waals surface area contributed by atoms with Crippen molar-refractivity contribution in [1.82, 2.24) is 4.98 Å². The van der Waals surface area contributed by atoms with E-state index in [1.807, 2.05) is 6.07 Å². The van der Waals surface area contributed by atoms with Gasteiger partial charge >= 0.3 is 0 Å². The van der Waals surface area contributed by atoms with Crippen molar-refractivity contribution in [1.29, 1.82) is 0 Å². The lowest BCUT2D eigenvalue weighted by molar-refractivity contribution is -0.123. The van der Waals surface area contributed by atoms with Gasteiger partial charge < -0.3 is 10.1 Å². The Morgan fingerprint density at radius 1 is 1.25 bits per heavy atom. The van der Waals surface area contributed by atoms with Gasteiger partial charge in [0.1, 0.15) is 12.3 Å². The van der Waals surface area contributed by atoms with E-state index in [2.05, 4.69) is 10.3 Å². The topological polar surface area (TPSA) is 71.5 Å². The van der Waals surface area contributed by atoms with Crippen LogP contribution in [0.15, 0.2) is 47.8 Å². The first-order valence-electron chi connectivity index (χ1n) is 8.24. The van der Waals surface area contributed by atoms with E-state index in [4.69, 9.17) is 27.9 Å². The number of aromatic nitrogens is 1. The molecule has 0 unspecified atom stereocenters. The van der Waals surface area contributed by atoms with E-state index in [1.165, 1.54) is 16.2 Å². The Balaban J connectivity index is 1.49. The summed E-state index contributed by atoms with van der Waals surface area (Å²) in [4.78, 5) is 30.5. The van der Waals surface area contributed by atoms with E-state index in [-0.39, 0.29) is 25.0 Å². The standard InChI is InChI=1S/C19H13Cl2N3O3S/c20-11-5-6-13(21)12(7-11)14-10-28-19(22-14)23-17(25)8-24-15-3-1-2-4-16(15)27-9-18(24)26/h1-7,10H,8-9H2,(H,22,23,25). The van der Waals surface area contributed by atoms with Gasteiger partial charge in [-0.25, -0.2) is 4.98 Å². The largest absolute Gasteiger partial charge is 0.482 e. The second-order valence-corrected chi connectivity index (χ2v) is 7.65. The first kappa shape index (κ1) is 18.7. The van der Waals surface area contributed by atoms with Gasteiger partial charge in [0.15, 0.2) is 11.7 Å². The third kappa shape index (κ3) is 3.82. The summed E-state index contributed by atoms with van der Waals surface area (Å²) in [5, 5.41) is 5.97. The van der Waals surface area contributed by atoms with E-state index in [1.54, 1.807) is 41.8 Å². The Bertz CT molecular complexity index is 1070. The second-order valence-electron chi connectivity index (χ2n) is 5.95. The smallest absolute Gasteiger partial charge is 0.265 e. The number of hydrogen-bond donors (Lipinski definition) is 1. The summed E-state index contributed by atoms with van der Waals surface area (Å²) in [5.74, 6) is -0.0652. The number of thiazole rings is 1. The number of anilines is 2. The molecule has 0 saturated carbocycles. The number of carbonyl (C=O) groups is 2. The zero-order valence-electron chi connectivity index (χ0n) is 14.3. The predicted molar refractivity (Wildman–Crippen MR) is 110 cm³/mol. The van der Waals surface area contributed by atoms with E-state index < -0.39 is 0 Å². The third-order valence-corrected chi connectivity index (χ3v) is 5.39. The van der Waals surface area contributed by atoms with Crippen LogP contribution in [0.5, 0.6) is 5.75 Å². The van der Waals surface area contributed by atoms with Crippen LogP contribution in [0.2, 0.25) is 10.0 Å². The third-order valence-electron chi connectivity index (χ3n) is 4.06. The molecule has 1 aliphatic rings. The van der Waals surface area contributed by atoms with Gasteiger partial charge in [-0.1, -0.05) is 35.3 Å². The number of nitrogens with zero attached hydrogens (tertiary/aromatic N) is 2. The maximum absolute atomic E-state index is 12.5. The number of ether oxygens (including phenoxy) is 1. The molecule has 0 aliphatic carbocycles. The molecule has 6 nitrogen and oxygen atoms in total. The molecule has 0 spiro atoms. The number of fused-ring (bicyclic) bond motifs is 1. The van der Waals surface area contributed by atoms with Crippen LogP contribution in [0.4, 0.5) is 10.8 Å². The molecule has 2 aromatic carbocycles. The molecule has 0 radical (unpaired) electrons. The molecule has 28 heavy (non-hydrogen) atoms. The maximum atomic E-state index is 12.5. The fourth-order valence-corrected chi connectivity index (χ4v) is 3.89. The van der Waals surface area contributed by atoms with Crippen molar-refractivity contribution in [2.75, 3.05) is 23.4 Å². The van der Waals surface area contributed by atoms with Crippen LogP contribution in [-0.4, -0.2) is 29.9 Å². The fraction of sp³-hybridized carbons (Fsp3) is 0.105. The highest BCUT2D eigenvalue weighted by molar-refractivity contribution is 7.14. The van der Waals surface area contributed by atoms with Gasteiger partial charge in [0, 0.05) is 16.0 Å². The van der Waals surface area contributed by atoms with Crippen molar-refractivity contribution in [3.63, 3.8) is 0 Å². The first-order chi connectivity index (χ1) is 13.5. The van der Waals surface area contributed by atoms with Crippen LogP contribution in [0.25, 0.3) is 11.3 Å². The first-order valence-corrected chi connectivity index (χ1v) is 9.88. The lowest BCUT2D eigenvalue weighted by Crippen LogP contribution is -2.43. The summed E-state index contributed by atoms with van der Waals surface area (Å²) in [5.41, 5.74) is 1.86. The van der Waals surface area contributed by atoms with Crippen LogP contribution in [-0.2, 0) is 9.59 Å². The van der Waals surface area contributed by atoms with Crippen LogP contribution in [0.1, 0.15) is 0 Å². The van der Waals surface area contributed by atoms with Crippen molar-refractivity contribution in [3.05, 3.63) is 57.9 Å². The zero-order valence-corrected chi connectivity index (χ0v) is 16.6. The number of amides is 2. The molecular formula is C19H13Cl2N3O3S. The van der Waals surface area contributed by atoms with Gasteiger partial charge in [0.2, 0.25) is 5.91 Å². The van der Waals surface area contributed by atoms with Crippen LogP contribution < -0.4 is 15.0 Å². The summed E-state index contributed by atoms with van der Waals surface area (Å²) in [7, 11) is 0. The highest BCUT2D eigenvalue weighted by Gasteiger charge is 2.27. The van der Waals surface area contributed by atoms with Crippen molar-refractivity contribution < 1.29 is 14.3 Å². The fourth-order valence-electron chi connectivity index (χ4n) is 2.78. The quantitative estimate of drug-likeness (QED) is 0.658. The molecule has 2 amide bonds. The Kier molecular flexibility index (Phi) is 5.21. The Morgan fingerprint density at radius 3 is 2.93 bits per heavy atom. The van der Waals surface area contributed by atoms with Crippen molar-refractivity contribution in [2.45, 2.75) is 0 Å². The van der Waals surface area contributed by atoms with Gasteiger partial charge in [0.25, 0.3) is 5.91 Å². The second kappa shape index (κ2) is 7.79. The lowest BCUT2D eigenvalue weighted by Gasteiger charge is -2.28. The SMILES string of the molecule is O=C(CN1C(=O)COc2ccccc21)Nc1nc(-c2cc(Cl)ccc2Cl)cs1. The van der Waals surface area contributed by atoms with Gasteiger partial charge in [-0.05, 0) is 30.3 Å². The molecular weight excluding hydrogens is 421 g/mol. The monoisotopic (exact) mass is 433 g/mol. The van der Waals surface area contributed by atoms with Crippen molar-refractivity contribution >= 4 is 57.2 Å². The number of halogens is 2. The number of para-hydroxylation sites is 2. The van der Waals surface area contributed by atoms with Crippen LogP contribution in [0.3, 0.4) is 0 Å². The summed E-state index contributed by atoms with van der Waals surface area (Å²) in [6.45, 7) is -0.231. The molecule has 9 heteroatoms. The average molecular weight is 434 g/mol. The number of carbonyl (C=O) groups excluding carboxylic acids is 2. The molecule has 2 heterocycles. The highest BCUT2D eigenvalue weighted by Crippen LogP contribution is 2.33. The maximum Gasteiger partial charge on any atom is 0.265 e. The summed E-state index contributed by atoms with van der Waals surface area (Å²) >= 11 is 13.5. The van der Waals surface area contributed by atoms with Crippen LogP contribution in [0, 0.1) is 0 Å². The summed E-state index contributed by atoms with van der Waals surface area (Å²) < 4.78 is 5.38. The van der Waals surface area contributed by atoms with Crippen molar-refractivity contribution in [3.8, 4) is 17.0 Å². The molecule has 0 bridgehead atoms. The van der Waals surface area contributed by atoms with E-state index in [9.17, 15) is 9.59 Å². The van der Waals surface area contributed by atoms with E-state index >= 15 is 0 Å². The van der Waals surface area contributed by atoms with Crippen molar-refractivity contribution in [2.24, 2.45) is 0 Å². The molecule has 1 aromatic heterocycles. The summed E-state index contributed by atoms with van der Waals surface area (Å²) in [6, 6.07) is 12.2. The Labute approximate surface area is 174 Å². The highest BCUT2D eigenvalue weighted by atomic mass is 35.5. The molecule has 0 saturated heterocycles. The van der Waals surface area contributed by atoms with E-state index in [0.29, 0.717) is 37.9 Å². The van der Waals surface area contributed by atoms with Gasteiger partial charge in [-0.3, -0.25) is 14.5 Å². The molecule has 3 aromatic rings. The minimum absolute atomic E-state index is 0.0983. The lowest BCUT2D eigenvalue weighted by atomic mass is 10.2. The zero-order chi connectivity index (χ0) is 19.7. The summed E-state index contributed by atoms with van der Waals surface area (Å²) in [6.07, 6.45) is 0. The molecule has 0 fully saturated rings. The minimum atomic E-state index is -0.358. The molecule has 4 rings (SSSR count). The van der Waals surface area contributed by atoms with Gasteiger partial charge in [-0.15, -0.1) is 11.3 Å².